The standard InChI is InChI=1S/C23H31N3O5SSi/c1-4-29-33(30-5-2,31-6-3)15-9-14-24-23(28)26-19-16-17(12-13-20(19)27)22-25-18-10-7-8-11-21(18)32-22/h7-8,10-13,16,27H,4-6,9,14-15H2,1-3H3,(H2,24,26,28). The van der Waals surface area contributed by atoms with Crippen molar-refractivity contribution in [1.82, 2.24) is 10.3 Å². The number of nitrogens with one attached hydrogen (secondary N) is 2. The Hall–Kier alpha value is -2.50. The van der Waals surface area contributed by atoms with Crippen molar-refractivity contribution < 1.29 is 23.2 Å². The van der Waals surface area contributed by atoms with Crippen LogP contribution in [-0.4, -0.2) is 51.3 Å². The van der Waals surface area contributed by atoms with Gasteiger partial charge in [-0.1, -0.05) is 12.1 Å². The summed E-state index contributed by atoms with van der Waals surface area (Å²) < 4.78 is 18.6. The Bertz CT molecular complexity index is 1010. The van der Waals surface area contributed by atoms with Gasteiger partial charge >= 0.3 is 14.8 Å². The lowest BCUT2D eigenvalue weighted by Gasteiger charge is -2.28. The van der Waals surface area contributed by atoms with Crippen molar-refractivity contribution in [3.8, 4) is 16.3 Å². The number of phenols is 1. The van der Waals surface area contributed by atoms with Crippen LogP contribution in [0.1, 0.15) is 27.2 Å². The summed E-state index contributed by atoms with van der Waals surface area (Å²) in [6.45, 7) is 7.73. The fraction of sp³-hybridized carbons (Fsp3) is 0.391. The monoisotopic (exact) mass is 489 g/mol. The minimum absolute atomic E-state index is 0.00882. The number of carbonyl (C=O) groups is 1. The van der Waals surface area contributed by atoms with E-state index in [-0.39, 0.29) is 5.75 Å². The van der Waals surface area contributed by atoms with Gasteiger partial charge in [0.05, 0.1) is 15.9 Å². The molecule has 0 unspecified atom stereocenters. The minimum Gasteiger partial charge on any atom is -0.506 e. The van der Waals surface area contributed by atoms with Crippen molar-refractivity contribution in [2.45, 2.75) is 33.2 Å². The molecule has 1 aromatic heterocycles. The zero-order valence-corrected chi connectivity index (χ0v) is 21.0. The maximum Gasteiger partial charge on any atom is 0.500 e. The molecule has 0 aliphatic rings. The van der Waals surface area contributed by atoms with Crippen molar-refractivity contribution in [1.29, 1.82) is 0 Å². The highest BCUT2D eigenvalue weighted by Gasteiger charge is 2.39. The average molecular weight is 490 g/mol. The molecule has 3 aromatic rings. The van der Waals surface area contributed by atoms with Gasteiger partial charge in [-0.2, -0.15) is 0 Å². The molecule has 3 rings (SSSR count). The van der Waals surface area contributed by atoms with Gasteiger partial charge in [0.25, 0.3) is 0 Å². The third kappa shape index (κ3) is 6.75. The summed E-state index contributed by atoms with van der Waals surface area (Å²) >= 11 is 1.56. The van der Waals surface area contributed by atoms with Gasteiger partial charge in [-0.05, 0) is 57.5 Å². The van der Waals surface area contributed by atoms with Gasteiger partial charge < -0.3 is 29.0 Å². The van der Waals surface area contributed by atoms with Crippen molar-refractivity contribution >= 4 is 42.1 Å². The number of aromatic hydroxyl groups is 1. The number of thiazole rings is 1. The lowest BCUT2D eigenvalue weighted by molar-refractivity contribution is 0.0708. The normalized spacial score (nSPS) is 11.6. The summed E-state index contributed by atoms with van der Waals surface area (Å²) in [5, 5.41) is 16.6. The third-order valence-corrected chi connectivity index (χ3v) is 9.06. The summed E-state index contributed by atoms with van der Waals surface area (Å²) in [7, 11) is -2.73. The predicted octanol–water partition coefficient (Wildman–Crippen LogP) is 5.23. The van der Waals surface area contributed by atoms with Gasteiger partial charge in [0.1, 0.15) is 10.8 Å². The number of aromatic nitrogens is 1. The van der Waals surface area contributed by atoms with Crippen molar-refractivity contribution in [2.24, 2.45) is 0 Å². The molecule has 0 bridgehead atoms. The second kappa shape index (κ2) is 12.1. The number of amides is 2. The number of anilines is 1. The van der Waals surface area contributed by atoms with Crippen LogP contribution in [0.3, 0.4) is 0 Å². The first-order valence-electron chi connectivity index (χ1n) is 11.2. The van der Waals surface area contributed by atoms with Crippen LogP contribution in [-0.2, 0) is 13.3 Å². The minimum atomic E-state index is -2.73. The maximum absolute atomic E-state index is 12.4. The number of rotatable bonds is 12. The summed E-state index contributed by atoms with van der Waals surface area (Å²) in [5.41, 5.74) is 2.07. The van der Waals surface area contributed by atoms with Gasteiger partial charge in [0.15, 0.2) is 0 Å². The van der Waals surface area contributed by atoms with E-state index in [1.807, 2.05) is 45.0 Å². The first-order chi connectivity index (χ1) is 16.0. The van der Waals surface area contributed by atoms with Gasteiger partial charge in [-0.15, -0.1) is 11.3 Å². The number of para-hydroxylation sites is 1. The third-order valence-electron chi connectivity index (χ3n) is 4.82. The van der Waals surface area contributed by atoms with Crippen molar-refractivity contribution in [2.75, 3.05) is 31.7 Å². The molecule has 10 heteroatoms. The van der Waals surface area contributed by atoms with Crippen LogP contribution in [0.4, 0.5) is 10.5 Å². The molecule has 0 aliphatic carbocycles. The van der Waals surface area contributed by atoms with E-state index in [2.05, 4.69) is 15.6 Å². The first kappa shape index (κ1) is 25.1. The number of phenolic OH excluding ortho intramolecular Hbond substituents is 1. The molecule has 33 heavy (non-hydrogen) atoms. The molecule has 2 aromatic carbocycles. The number of hydrogen-bond acceptors (Lipinski definition) is 7. The van der Waals surface area contributed by atoms with Crippen molar-refractivity contribution in [3.63, 3.8) is 0 Å². The molecule has 0 saturated heterocycles. The lowest BCUT2D eigenvalue weighted by Crippen LogP contribution is -2.46. The molecule has 0 fully saturated rings. The fourth-order valence-corrected chi connectivity index (χ4v) is 7.01. The fourth-order valence-electron chi connectivity index (χ4n) is 3.44. The highest BCUT2D eigenvalue weighted by molar-refractivity contribution is 7.21. The van der Waals surface area contributed by atoms with Gasteiger partial charge in [0, 0.05) is 38.0 Å². The van der Waals surface area contributed by atoms with E-state index in [9.17, 15) is 9.90 Å². The maximum atomic E-state index is 12.4. The van der Waals surface area contributed by atoms with Gasteiger partial charge in [0.2, 0.25) is 0 Å². The molecule has 0 radical (unpaired) electrons. The second-order valence-corrected chi connectivity index (χ2v) is 10.9. The highest BCUT2D eigenvalue weighted by atomic mass is 32.1. The number of hydrogen-bond donors (Lipinski definition) is 3. The van der Waals surface area contributed by atoms with E-state index < -0.39 is 14.8 Å². The Morgan fingerprint density at radius 1 is 1.06 bits per heavy atom. The van der Waals surface area contributed by atoms with Crippen LogP contribution >= 0.6 is 11.3 Å². The number of fused-ring (bicyclic) bond motifs is 1. The number of benzene rings is 2. The largest absolute Gasteiger partial charge is 0.506 e. The lowest BCUT2D eigenvalue weighted by atomic mass is 10.2. The van der Waals surface area contributed by atoms with Gasteiger partial charge in [-0.25, -0.2) is 9.78 Å². The van der Waals surface area contributed by atoms with E-state index in [1.54, 1.807) is 29.5 Å². The van der Waals surface area contributed by atoms with E-state index >= 15 is 0 Å². The smallest absolute Gasteiger partial charge is 0.500 e. The predicted molar refractivity (Wildman–Crippen MR) is 134 cm³/mol. The van der Waals surface area contributed by atoms with E-state index in [1.165, 1.54) is 0 Å². The molecule has 0 spiro atoms. The Kier molecular flexibility index (Phi) is 9.21. The number of carbonyl (C=O) groups excluding carboxylic acids is 1. The van der Waals surface area contributed by atoms with Gasteiger partial charge in [-0.3, -0.25) is 0 Å². The second-order valence-electron chi connectivity index (χ2n) is 7.19. The molecule has 0 saturated carbocycles. The molecule has 178 valence electrons. The average Bonchev–Trinajstić information content (AvgIpc) is 3.23. The van der Waals surface area contributed by atoms with Crippen LogP contribution in [0.25, 0.3) is 20.8 Å². The topological polar surface area (TPSA) is 102 Å². The molecule has 2 amide bonds. The van der Waals surface area contributed by atoms with E-state index in [4.69, 9.17) is 13.3 Å². The highest BCUT2D eigenvalue weighted by Crippen LogP contribution is 2.34. The summed E-state index contributed by atoms with van der Waals surface area (Å²) in [6.07, 6.45) is 0.650. The van der Waals surface area contributed by atoms with Crippen LogP contribution in [0.5, 0.6) is 5.75 Å². The molecule has 1 heterocycles. The van der Waals surface area contributed by atoms with Crippen molar-refractivity contribution in [3.05, 3.63) is 42.5 Å². The number of urea groups is 1. The summed E-state index contributed by atoms with van der Waals surface area (Å²) in [5.74, 6) is -0.00882. The Balaban J connectivity index is 1.58. The molecule has 8 nitrogen and oxygen atoms in total. The van der Waals surface area contributed by atoms with E-state index in [0.29, 0.717) is 44.5 Å². The molecule has 0 aliphatic heterocycles. The first-order valence-corrected chi connectivity index (χ1v) is 13.9. The SMILES string of the molecule is CCO[Si](CCCNC(=O)Nc1cc(-c2nc3ccccc3s2)ccc1O)(OCC)OCC. The van der Waals surface area contributed by atoms with Crippen LogP contribution in [0.15, 0.2) is 42.5 Å². The quantitative estimate of drug-likeness (QED) is 0.183. The van der Waals surface area contributed by atoms with Crippen LogP contribution in [0, 0.1) is 0 Å². The molecular weight excluding hydrogens is 458 g/mol. The van der Waals surface area contributed by atoms with Crippen LogP contribution in [0.2, 0.25) is 6.04 Å². The molecular formula is C23H31N3O5SSi. The molecule has 3 N–H and O–H groups in total. The Morgan fingerprint density at radius 3 is 2.42 bits per heavy atom. The zero-order valence-electron chi connectivity index (χ0n) is 19.2. The Morgan fingerprint density at radius 2 is 1.76 bits per heavy atom. The zero-order chi connectivity index (χ0) is 23.7. The molecule has 0 atom stereocenters. The number of nitrogens with zero attached hydrogens (tertiary/aromatic N) is 1. The summed E-state index contributed by atoms with van der Waals surface area (Å²) in [4.78, 5) is 17.1. The van der Waals surface area contributed by atoms with E-state index in [0.717, 1.165) is 20.8 Å². The van der Waals surface area contributed by atoms with Crippen LogP contribution < -0.4 is 10.6 Å². The summed E-state index contributed by atoms with van der Waals surface area (Å²) in [6, 6.07) is 13.2. The Labute approximate surface area is 199 Å².